The van der Waals surface area contributed by atoms with Crippen LogP contribution in [0.3, 0.4) is 0 Å². The summed E-state index contributed by atoms with van der Waals surface area (Å²) in [6, 6.07) is 4.79. The van der Waals surface area contributed by atoms with Crippen LogP contribution in [0.15, 0.2) is 23.1 Å². The number of nitrogens with two attached hydrogens (primary N) is 1. The van der Waals surface area contributed by atoms with Crippen LogP contribution < -0.4 is 10.5 Å². The smallest absolute Gasteiger partial charge is 0.242 e. The molecule has 0 aromatic heterocycles. The molecule has 0 fully saturated rings. The van der Waals surface area contributed by atoms with Crippen LogP contribution in [0.1, 0.15) is 12.0 Å². The van der Waals surface area contributed by atoms with Crippen LogP contribution in [0.4, 0.5) is 0 Å². The second kappa shape index (κ2) is 7.35. The van der Waals surface area contributed by atoms with Crippen LogP contribution in [-0.2, 0) is 16.6 Å². The number of hydrogen-bond acceptors (Lipinski definition) is 4. The van der Waals surface area contributed by atoms with E-state index in [9.17, 15) is 8.42 Å². The minimum absolute atomic E-state index is 0.0938. The molecule has 3 N–H and O–H groups in total. The first-order valence-electron chi connectivity index (χ1n) is 5.48. The second-order valence-corrected chi connectivity index (χ2v) is 6.84. The Morgan fingerprint density at radius 2 is 2.17 bits per heavy atom. The molecule has 0 atom stereocenters. The zero-order chi connectivity index (χ0) is 13.6. The van der Waals surface area contributed by atoms with Crippen LogP contribution >= 0.6 is 23.4 Å². The van der Waals surface area contributed by atoms with Crippen molar-refractivity contribution in [1.29, 1.82) is 0 Å². The van der Waals surface area contributed by atoms with E-state index >= 15 is 0 Å². The molecule has 18 heavy (non-hydrogen) atoms. The third-order valence-corrected chi connectivity index (χ3v) is 4.98. The van der Waals surface area contributed by atoms with Gasteiger partial charge in [0.05, 0.1) is 5.02 Å². The van der Waals surface area contributed by atoms with Crippen molar-refractivity contribution in [1.82, 2.24) is 4.72 Å². The molecule has 7 heteroatoms. The van der Waals surface area contributed by atoms with Gasteiger partial charge in [-0.1, -0.05) is 17.7 Å². The standard InChI is InChI=1S/C11H17ClN2O2S2/c1-17-6-2-5-14-18(15,16)11-7-9(8-13)3-4-10(11)12/h3-4,7,14H,2,5-6,8,13H2,1H3. The lowest BCUT2D eigenvalue weighted by Crippen LogP contribution is -2.25. The second-order valence-electron chi connectivity index (χ2n) is 3.71. The molecule has 0 saturated carbocycles. The Kier molecular flexibility index (Phi) is 6.45. The Morgan fingerprint density at radius 1 is 1.44 bits per heavy atom. The van der Waals surface area contributed by atoms with Crippen molar-refractivity contribution in [2.24, 2.45) is 5.73 Å². The SMILES string of the molecule is CSCCCNS(=O)(=O)c1cc(CN)ccc1Cl. The molecule has 1 aromatic rings. The molecular formula is C11H17ClN2O2S2. The molecular weight excluding hydrogens is 292 g/mol. The van der Waals surface area contributed by atoms with E-state index in [1.54, 1.807) is 23.9 Å². The average molecular weight is 309 g/mol. The number of rotatable bonds is 7. The minimum atomic E-state index is -3.55. The molecule has 1 aromatic carbocycles. The largest absolute Gasteiger partial charge is 0.326 e. The third-order valence-electron chi connectivity index (χ3n) is 2.34. The molecule has 0 unspecified atom stereocenters. The van der Waals surface area contributed by atoms with Gasteiger partial charge in [0.2, 0.25) is 10.0 Å². The van der Waals surface area contributed by atoms with E-state index < -0.39 is 10.0 Å². The summed E-state index contributed by atoms with van der Waals surface area (Å²) in [7, 11) is -3.55. The Labute approximate surface area is 117 Å². The van der Waals surface area contributed by atoms with Gasteiger partial charge in [0.25, 0.3) is 0 Å². The van der Waals surface area contributed by atoms with Gasteiger partial charge in [-0.15, -0.1) is 0 Å². The first-order valence-corrected chi connectivity index (χ1v) is 8.74. The van der Waals surface area contributed by atoms with E-state index in [-0.39, 0.29) is 16.5 Å². The lowest BCUT2D eigenvalue weighted by molar-refractivity contribution is 0.581. The number of nitrogens with one attached hydrogen (secondary N) is 1. The molecule has 0 bridgehead atoms. The van der Waals surface area contributed by atoms with Gasteiger partial charge in [0, 0.05) is 13.1 Å². The van der Waals surface area contributed by atoms with Crippen LogP contribution in [0.5, 0.6) is 0 Å². The molecule has 0 heterocycles. The first-order chi connectivity index (χ1) is 8.51. The molecule has 0 spiro atoms. The fraction of sp³-hybridized carbons (Fsp3) is 0.455. The van der Waals surface area contributed by atoms with E-state index in [0.29, 0.717) is 6.54 Å². The highest BCUT2D eigenvalue weighted by Gasteiger charge is 2.17. The van der Waals surface area contributed by atoms with E-state index in [1.807, 2.05) is 6.26 Å². The van der Waals surface area contributed by atoms with Gasteiger partial charge in [0.15, 0.2) is 0 Å². The fourth-order valence-corrected chi connectivity index (χ4v) is 3.44. The summed E-state index contributed by atoms with van der Waals surface area (Å²) in [6.07, 6.45) is 2.77. The van der Waals surface area contributed by atoms with Gasteiger partial charge < -0.3 is 5.73 Å². The molecule has 0 aliphatic heterocycles. The summed E-state index contributed by atoms with van der Waals surface area (Å²) in [5.41, 5.74) is 6.23. The minimum Gasteiger partial charge on any atom is -0.326 e. The van der Waals surface area contributed by atoms with Gasteiger partial charge in [-0.25, -0.2) is 13.1 Å². The van der Waals surface area contributed by atoms with Crippen molar-refractivity contribution in [3.05, 3.63) is 28.8 Å². The van der Waals surface area contributed by atoms with E-state index in [4.69, 9.17) is 17.3 Å². The molecule has 0 saturated heterocycles. The zero-order valence-corrected chi connectivity index (χ0v) is 12.5. The molecule has 0 radical (unpaired) electrons. The maximum Gasteiger partial charge on any atom is 0.242 e. The van der Waals surface area contributed by atoms with Crippen LogP contribution in [0.25, 0.3) is 0 Å². The number of benzene rings is 1. The normalized spacial score (nSPS) is 11.7. The Morgan fingerprint density at radius 3 is 2.78 bits per heavy atom. The van der Waals surface area contributed by atoms with Crippen molar-refractivity contribution >= 4 is 33.4 Å². The van der Waals surface area contributed by atoms with E-state index in [0.717, 1.165) is 17.7 Å². The van der Waals surface area contributed by atoms with Crippen LogP contribution in [-0.4, -0.2) is 27.0 Å². The van der Waals surface area contributed by atoms with Gasteiger partial charge >= 0.3 is 0 Å². The van der Waals surface area contributed by atoms with Gasteiger partial charge in [-0.05, 0) is 36.1 Å². The van der Waals surface area contributed by atoms with E-state index in [2.05, 4.69) is 4.72 Å². The zero-order valence-electron chi connectivity index (χ0n) is 10.1. The van der Waals surface area contributed by atoms with E-state index in [1.165, 1.54) is 6.07 Å². The Hall–Kier alpha value is -0.270. The van der Waals surface area contributed by atoms with Gasteiger partial charge in [-0.3, -0.25) is 0 Å². The lowest BCUT2D eigenvalue weighted by atomic mass is 10.2. The highest BCUT2D eigenvalue weighted by Crippen LogP contribution is 2.22. The number of sulfonamides is 1. The molecule has 0 amide bonds. The average Bonchev–Trinajstić information content (AvgIpc) is 2.35. The monoisotopic (exact) mass is 308 g/mol. The summed E-state index contributed by atoms with van der Waals surface area (Å²) >= 11 is 7.59. The summed E-state index contributed by atoms with van der Waals surface area (Å²) in [6.45, 7) is 0.693. The molecule has 0 aliphatic rings. The van der Waals surface area contributed by atoms with Gasteiger partial charge in [-0.2, -0.15) is 11.8 Å². The highest BCUT2D eigenvalue weighted by molar-refractivity contribution is 7.98. The summed E-state index contributed by atoms with van der Waals surface area (Å²) in [5, 5.41) is 0.213. The Bertz CT molecular complexity index is 492. The van der Waals surface area contributed by atoms with Crippen molar-refractivity contribution in [2.45, 2.75) is 17.9 Å². The number of hydrogen-bond donors (Lipinski definition) is 2. The fourth-order valence-electron chi connectivity index (χ4n) is 1.38. The topological polar surface area (TPSA) is 72.2 Å². The molecule has 0 aliphatic carbocycles. The van der Waals surface area contributed by atoms with Crippen LogP contribution in [0, 0.1) is 0 Å². The third kappa shape index (κ3) is 4.44. The quantitative estimate of drug-likeness (QED) is 0.754. The molecule has 1 rings (SSSR count). The number of thioether (sulfide) groups is 1. The lowest BCUT2D eigenvalue weighted by Gasteiger charge is -2.09. The van der Waals surface area contributed by atoms with Gasteiger partial charge in [0.1, 0.15) is 4.90 Å². The highest BCUT2D eigenvalue weighted by atomic mass is 35.5. The van der Waals surface area contributed by atoms with Crippen molar-refractivity contribution < 1.29 is 8.42 Å². The van der Waals surface area contributed by atoms with Crippen molar-refractivity contribution in [2.75, 3.05) is 18.6 Å². The Balaban J connectivity index is 2.83. The predicted molar refractivity (Wildman–Crippen MR) is 77.5 cm³/mol. The molecule has 4 nitrogen and oxygen atoms in total. The first kappa shape index (κ1) is 15.8. The van der Waals surface area contributed by atoms with Crippen molar-refractivity contribution in [3.8, 4) is 0 Å². The maximum absolute atomic E-state index is 12.0. The summed E-state index contributed by atoms with van der Waals surface area (Å²) < 4.78 is 26.6. The van der Waals surface area contributed by atoms with Crippen molar-refractivity contribution in [3.63, 3.8) is 0 Å². The summed E-state index contributed by atoms with van der Waals surface area (Å²) in [4.78, 5) is 0.0938. The predicted octanol–water partition coefficient (Wildman–Crippen LogP) is 1.83. The number of halogens is 1. The molecule has 102 valence electrons. The van der Waals surface area contributed by atoms with Crippen LogP contribution in [0.2, 0.25) is 5.02 Å². The summed E-state index contributed by atoms with van der Waals surface area (Å²) in [5.74, 6) is 0.916. The maximum atomic E-state index is 12.0.